The first-order chi connectivity index (χ1) is 7.56. The molecule has 16 heavy (non-hydrogen) atoms. The predicted molar refractivity (Wildman–Crippen MR) is 62.7 cm³/mol. The van der Waals surface area contributed by atoms with Gasteiger partial charge in [0.2, 0.25) is 0 Å². The van der Waals surface area contributed by atoms with Crippen LogP contribution >= 0.6 is 11.3 Å². The monoisotopic (exact) mass is 242 g/mol. The molecule has 2 heterocycles. The van der Waals surface area contributed by atoms with Crippen molar-refractivity contribution in [2.75, 3.05) is 32.5 Å². The van der Waals surface area contributed by atoms with Gasteiger partial charge in [-0.1, -0.05) is 11.3 Å². The highest BCUT2D eigenvalue weighted by molar-refractivity contribution is 7.16. The fraction of sp³-hybridized carbons (Fsp3) is 0.500. The molecule has 1 aromatic rings. The molecule has 0 saturated heterocycles. The average molecular weight is 242 g/mol. The Hall–Kier alpha value is -1.27. The van der Waals surface area contributed by atoms with Gasteiger partial charge in [0.05, 0.1) is 12.2 Å². The zero-order valence-electron chi connectivity index (χ0n) is 9.19. The molecule has 0 saturated carbocycles. The Morgan fingerprint density at radius 2 is 2.50 bits per heavy atom. The van der Waals surface area contributed by atoms with Gasteiger partial charge in [-0.15, -0.1) is 0 Å². The third kappa shape index (κ3) is 2.28. The van der Waals surface area contributed by atoms with Crippen LogP contribution in [0.15, 0.2) is 6.07 Å². The molecular weight excluding hydrogens is 228 g/mol. The standard InChI is InChI=1S/C10H14N2O3S/c1-12(2)5-6-4-11-7-3-8(9(13)14)16-10(7)15-6/h3,6,11H,4-5H2,1-2H3,(H,13,14). The minimum atomic E-state index is -0.908. The van der Waals surface area contributed by atoms with E-state index < -0.39 is 5.97 Å². The van der Waals surface area contributed by atoms with Crippen LogP contribution < -0.4 is 10.1 Å². The van der Waals surface area contributed by atoms with Gasteiger partial charge in [-0.3, -0.25) is 0 Å². The number of likely N-dealkylation sites (N-methyl/N-ethyl adjacent to an activating group) is 1. The number of aromatic carboxylic acids is 1. The molecule has 2 N–H and O–H groups in total. The van der Waals surface area contributed by atoms with E-state index in [1.54, 1.807) is 6.07 Å². The lowest BCUT2D eigenvalue weighted by Crippen LogP contribution is -2.38. The van der Waals surface area contributed by atoms with E-state index in [0.717, 1.165) is 12.2 Å². The van der Waals surface area contributed by atoms with Gasteiger partial charge in [0.1, 0.15) is 11.0 Å². The highest BCUT2D eigenvalue weighted by Crippen LogP contribution is 2.38. The summed E-state index contributed by atoms with van der Waals surface area (Å²) in [5.41, 5.74) is 0.789. The van der Waals surface area contributed by atoms with Crippen LogP contribution in [-0.4, -0.2) is 49.3 Å². The van der Waals surface area contributed by atoms with Crippen LogP contribution in [0.2, 0.25) is 0 Å². The van der Waals surface area contributed by atoms with Gasteiger partial charge in [0, 0.05) is 6.54 Å². The van der Waals surface area contributed by atoms with Gasteiger partial charge >= 0.3 is 5.97 Å². The number of fused-ring (bicyclic) bond motifs is 1. The molecule has 2 rings (SSSR count). The Morgan fingerprint density at radius 3 is 3.12 bits per heavy atom. The number of hydrogen-bond acceptors (Lipinski definition) is 5. The Kier molecular flexibility index (Phi) is 3.02. The van der Waals surface area contributed by atoms with E-state index in [1.807, 2.05) is 19.0 Å². The van der Waals surface area contributed by atoms with Crippen LogP contribution in [0, 0.1) is 0 Å². The van der Waals surface area contributed by atoms with Crippen LogP contribution in [0.1, 0.15) is 9.67 Å². The Balaban J connectivity index is 2.11. The van der Waals surface area contributed by atoms with Crippen molar-refractivity contribution in [3.05, 3.63) is 10.9 Å². The zero-order chi connectivity index (χ0) is 11.7. The predicted octanol–water partition coefficient (Wildman–Crippen LogP) is 1.18. The number of nitrogens with one attached hydrogen (secondary N) is 1. The molecule has 1 atom stereocenters. The largest absolute Gasteiger partial charge is 0.477 e. The summed E-state index contributed by atoms with van der Waals surface area (Å²) < 4.78 is 5.72. The number of anilines is 1. The minimum Gasteiger partial charge on any atom is -0.477 e. The topological polar surface area (TPSA) is 61.8 Å². The molecule has 0 amide bonds. The maximum Gasteiger partial charge on any atom is 0.346 e. The number of thiophene rings is 1. The summed E-state index contributed by atoms with van der Waals surface area (Å²) in [6, 6.07) is 1.62. The van der Waals surface area contributed by atoms with Crippen molar-refractivity contribution in [3.63, 3.8) is 0 Å². The fourth-order valence-electron chi connectivity index (χ4n) is 1.62. The summed E-state index contributed by atoms with van der Waals surface area (Å²) in [6.45, 7) is 1.52. The highest BCUT2D eigenvalue weighted by Gasteiger charge is 2.23. The van der Waals surface area contributed by atoms with Gasteiger partial charge in [0.25, 0.3) is 0 Å². The van der Waals surface area contributed by atoms with Gasteiger partial charge in [0.15, 0.2) is 5.06 Å². The number of ether oxygens (including phenoxy) is 1. The van der Waals surface area contributed by atoms with E-state index in [9.17, 15) is 4.79 Å². The summed E-state index contributed by atoms with van der Waals surface area (Å²) in [5, 5.41) is 12.7. The summed E-state index contributed by atoms with van der Waals surface area (Å²) in [4.78, 5) is 13.1. The Labute approximate surface area is 97.6 Å². The van der Waals surface area contributed by atoms with Gasteiger partial charge in [-0.25, -0.2) is 4.79 Å². The SMILES string of the molecule is CN(C)CC1CNc2cc(C(=O)O)sc2O1. The molecule has 1 aliphatic heterocycles. The van der Waals surface area contributed by atoms with Gasteiger partial charge < -0.3 is 20.1 Å². The second kappa shape index (κ2) is 4.31. The Morgan fingerprint density at radius 1 is 1.75 bits per heavy atom. The maximum atomic E-state index is 10.8. The molecule has 1 unspecified atom stereocenters. The second-order valence-corrected chi connectivity index (χ2v) is 5.01. The van der Waals surface area contributed by atoms with Crippen molar-refractivity contribution in [1.82, 2.24) is 4.90 Å². The van der Waals surface area contributed by atoms with Crippen molar-refractivity contribution in [1.29, 1.82) is 0 Å². The quantitative estimate of drug-likeness (QED) is 0.833. The maximum absolute atomic E-state index is 10.8. The van der Waals surface area contributed by atoms with E-state index in [0.29, 0.717) is 16.5 Å². The first-order valence-corrected chi connectivity index (χ1v) is 5.80. The van der Waals surface area contributed by atoms with E-state index in [-0.39, 0.29) is 6.10 Å². The number of nitrogens with zero attached hydrogens (tertiary/aromatic N) is 1. The third-order valence-electron chi connectivity index (χ3n) is 2.27. The molecule has 1 aromatic heterocycles. The first kappa shape index (κ1) is 11.2. The zero-order valence-corrected chi connectivity index (χ0v) is 10.0. The molecule has 0 aromatic carbocycles. The molecule has 6 heteroatoms. The first-order valence-electron chi connectivity index (χ1n) is 4.98. The van der Waals surface area contributed by atoms with Crippen LogP contribution in [-0.2, 0) is 0 Å². The number of carboxylic acid groups (broad SMARTS) is 1. The van der Waals surface area contributed by atoms with Gasteiger partial charge in [-0.2, -0.15) is 0 Å². The number of carboxylic acids is 1. The second-order valence-electron chi connectivity index (χ2n) is 4.00. The van der Waals surface area contributed by atoms with Crippen molar-refractivity contribution in [3.8, 4) is 5.06 Å². The van der Waals surface area contributed by atoms with Crippen LogP contribution in [0.25, 0.3) is 0 Å². The van der Waals surface area contributed by atoms with Crippen LogP contribution in [0.3, 0.4) is 0 Å². The molecule has 0 fully saturated rings. The lowest BCUT2D eigenvalue weighted by Gasteiger charge is -2.26. The average Bonchev–Trinajstić information content (AvgIpc) is 2.59. The van der Waals surface area contributed by atoms with E-state index in [4.69, 9.17) is 9.84 Å². The molecule has 0 bridgehead atoms. The smallest absolute Gasteiger partial charge is 0.346 e. The molecule has 88 valence electrons. The summed E-state index contributed by atoms with van der Waals surface area (Å²) >= 11 is 1.17. The van der Waals surface area contributed by atoms with Crippen LogP contribution in [0.4, 0.5) is 5.69 Å². The number of rotatable bonds is 3. The number of carbonyl (C=O) groups is 1. The molecule has 0 radical (unpaired) electrons. The minimum absolute atomic E-state index is 0.0720. The fourth-order valence-corrected chi connectivity index (χ4v) is 2.51. The molecule has 1 aliphatic rings. The lowest BCUT2D eigenvalue weighted by molar-refractivity contribution is 0.0702. The van der Waals surface area contributed by atoms with Gasteiger partial charge in [-0.05, 0) is 20.2 Å². The van der Waals surface area contributed by atoms with Crippen molar-refractivity contribution in [2.45, 2.75) is 6.10 Å². The molecular formula is C10H14N2O3S. The summed E-state index contributed by atoms with van der Waals surface area (Å²) in [7, 11) is 3.96. The molecule has 0 spiro atoms. The summed E-state index contributed by atoms with van der Waals surface area (Å²) in [5.74, 6) is -0.908. The Bertz CT molecular complexity index is 403. The normalized spacial score (nSPS) is 18.8. The lowest BCUT2D eigenvalue weighted by atomic mass is 10.3. The van der Waals surface area contributed by atoms with Crippen molar-refractivity contribution in [2.24, 2.45) is 0 Å². The highest BCUT2D eigenvalue weighted by atomic mass is 32.1. The van der Waals surface area contributed by atoms with Crippen molar-refractivity contribution < 1.29 is 14.6 Å². The number of hydrogen-bond donors (Lipinski definition) is 2. The third-order valence-corrected chi connectivity index (χ3v) is 3.29. The molecule has 5 nitrogen and oxygen atoms in total. The van der Waals surface area contributed by atoms with Crippen molar-refractivity contribution >= 4 is 23.0 Å². The summed E-state index contributed by atoms with van der Waals surface area (Å²) in [6.07, 6.45) is 0.0720. The van der Waals surface area contributed by atoms with E-state index in [2.05, 4.69) is 5.32 Å². The van der Waals surface area contributed by atoms with Crippen LogP contribution in [0.5, 0.6) is 5.06 Å². The molecule has 0 aliphatic carbocycles. The van der Waals surface area contributed by atoms with E-state index in [1.165, 1.54) is 11.3 Å². The van der Waals surface area contributed by atoms with E-state index >= 15 is 0 Å².